The van der Waals surface area contributed by atoms with Gasteiger partial charge in [0.25, 0.3) is 0 Å². The predicted octanol–water partition coefficient (Wildman–Crippen LogP) is 2.35. The molecule has 1 aromatic carbocycles. The third kappa shape index (κ3) is 5.49. The number of carbonyl (C=O) groups excluding carboxylic acids is 1. The molecule has 20 heavy (non-hydrogen) atoms. The van der Waals surface area contributed by atoms with Gasteiger partial charge >= 0.3 is 0 Å². The van der Waals surface area contributed by atoms with E-state index in [0.717, 1.165) is 18.8 Å². The molecule has 0 aromatic heterocycles. The number of carbonyl (C=O) groups is 1. The zero-order valence-electron chi connectivity index (χ0n) is 11.7. The molecule has 0 atom stereocenters. The standard InChI is InChI=1S/C15H22ClN3O/c16-13-5-4-6-14(11-13)18-15(20)12-17-7-10-19-8-2-1-3-9-19/h4-6,11,17H,1-3,7-10,12H2,(H,18,20). The molecule has 1 aliphatic rings. The summed E-state index contributed by atoms with van der Waals surface area (Å²) in [5.41, 5.74) is 0.736. The molecular formula is C15H22ClN3O. The number of amides is 1. The number of benzene rings is 1. The lowest BCUT2D eigenvalue weighted by Crippen LogP contribution is -2.38. The Labute approximate surface area is 125 Å². The lowest BCUT2D eigenvalue weighted by molar-refractivity contribution is -0.115. The minimum absolute atomic E-state index is 0.0362. The van der Waals surface area contributed by atoms with Crippen molar-refractivity contribution in [3.05, 3.63) is 29.3 Å². The Morgan fingerprint density at radius 3 is 2.80 bits per heavy atom. The van der Waals surface area contributed by atoms with E-state index in [1.54, 1.807) is 12.1 Å². The van der Waals surface area contributed by atoms with Gasteiger partial charge in [0.2, 0.25) is 5.91 Å². The zero-order valence-corrected chi connectivity index (χ0v) is 12.5. The van der Waals surface area contributed by atoms with Crippen molar-refractivity contribution in [3.8, 4) is 0 Å². The number of piperidine rings is 1. The van der Waals surface area contributed by atoms with Crippen molar-refractivity contribution in [1.82, 2.24) is 10.2 Å². The van der Waals surface area contributed by atoms with Gasteiger partial charge in [-0.15, -0.1) is 0 Å². The second-order valence-corrected chi connectivity index (χ2v) is 5.57. The molecule has 1 amide bonds. The van der Waals surface area contributed by atoms with Gasteiger partial charge in [0.05, 0.1) is 6.54 Å². The number of halogens is 1. The minimum atomic E-state index is -0.0362. The minimum Gasteiger partial charge on any atom is -0.325 e. The highest BCUT2D eigenvalue weighted by atomic mass is 35.5. The molecule has 110 valence electrons. The summed E-state index contributed by atoms with van der Waals surface area (Å²) in [4.78, 5) is 14.2. The smallest absolute Gasteiger partial charge is 0.238 e. The lowest BCUT2D eigenvalue weighted by atomic mass is 10.1. The van der Waals surface area contributed by atoms with Crippen LogP contribution in [0.5, 0.6) is 0 Å². The molecule has 1 saturated heterocycles. The van der Waals surface area contributed by atoms with Crippen LogP contribution in [0, 0.1) is 0 Å². The number of anilines is 1. The average Bonchev–Trinajstić information content (AvgIpc) is 2.45. The van der Waals surface area contributed by atoms with Crippen LogP contribution in [0.4, 0.5) is 5.69 Å². The molecule has 1 fully saturated rings. The van der Waals surface area contributed by atoms with Gasteiger partial charge in [0.15, 0.2) is 0 Å². The lowest BCUT2D eigenvalue weighted by Gasteiger charge is -2.26. The number of likely N-dealkylation sites (tertiary alicyclic amines) is 1. The molecular weight excluding hydrogens is 274 g/mol. The van der Waals surface area contributed by atoms with E-state index >= 15 is 0 Å². The molecule has 0 saturated carbocycles. The number of hydrogen-bond acceptors (Lipinski definition) is 3. The largest absolute Gasteiger partial charge is 0.325 e. The average molecular weight is 296 g/mol. The van der Waals surface area contributed by atoms with Crippen LogP contribution in [0.15, 0.2) is 24.3 Å². The molecule has 1 aromatic rings. The summed E-state index contributed by atoms with van der Waals surface area (Å²) in [6, 6.07) is 7.18. The predicted molar refractivity (Wildman–Crippen MR) is 83.2 cm³/mol. The molecule has 4 nitrogen and oxygen atoms in total. The van der Waals surface area contributed by atoms with Crippen molar-refractivity contribution in [3.63, 3.8) is 0 Å². The van der Waals surface area contributed by atoms with E-state index < -0.39 is 0 Å². The van der Waals surface area contributed by atoms with Crippen molar-refractivity contribution in [1.29, 1.82) is 0 Å². The number of hydrogen-bond donors (Lipinski definition) is 2. The molecule has 0 aliphatic carbocycles. The van der Waals surface area contributed by atoms with Crippen LogP contribution in [-0.4, -0.2) is 43.5 Å². The molecule has 5 heteroatoms. The fourth-order valence-electron chi connectivity index (χ4n) is 2.39. The highest BCUT2D eigenvalue weighted by Gasteiger charge is 2.09. The number of rotatable bonds is 6. The van der Waals surface area contributed by atoms with Crippen LogP contribution in [0.1, 0.15) is 19.3 Å². The first-order valence-corrected chi connectivity index (χ1v) is 7.60. The molecule has 0 bridgehead atoms. The summed E-state index contributed by atoms with van der Waals surface area (Å²) in [5, 5.41) is 6.63. The maximum atomic E-state index is 11.7. The first-order valence-electron chi connectivity index (χ1n) is 7.22. The molecule has 1 aliphatic heterocycles. The molecule has 2 N–H and O–H groups in total. The Bertz CT molecular complexity index is 433. The number of nitrogens with one attached hydrogen (secondary N) is 2. The van der Waals surface area contributed by atoms with Gasteiger partial charge in [-0.05, 0) is 44.1 Å². The van der Waals surface area contributed by atoms with Crippen LogP contribution in [0.25, 0.3) is 0 Å². The van der Waals surface area contributed by atoms with Gasteiger partial charge in [0, 0.05) is 23.8 Å². The highest BCUT2D eigenvalue weighted by molar-refractivity contribution is 6.30. The molecule has 2 rings (SSSR count). The Morgan fingerprint density at radius 2 is 2.05 bits per heavy atom. The van der Waals surface area contributed by atoms with Crippen LogP contribution >= 0.6 is 11.6 Å². The van der Waals surface area contributed by atoms with Gasteiger partial charge in [-0.3, -0.25) is 4.79 Å². The molecule has 1 heterocycles. The fourth-order valence-corrected chi connectivity index (χ4v) is 2.58. The third-order valence-corrected chi connectivity index (χ3v) is 3.68. The zero-order chi connectivity index (χ0) is 14.2. The molecule has 0 unspecified atom stereocenters. The molecule has 0 radical (unpaired) electrons. The summed E-state index contributed by atoms with van der Waals surface area (Å²) in [5.74, 6) is -0.0362. The summed E-state index contributed by atoms with van der Waals surface area (Å²) >= 11 is 5.87. The summed E-state index contributed by atoms with van der Waals surface area (Å²) < 4.78 is 0. The summed E-state index contributed by atoms with van der Waals surface area (Å²) in [6.07, 6.45) is 3.95. The molecule has 0 spiro atoms. The van der Waals surface area contributed by atoms with E-state index in [1.165, 1.54) is 32.4 Å². The van der Waals surface area contributed by atoms with Crippen molar-refractivity contribution in [2.45, 2.75) is 19.3 Å². The van der Waals surface area contributed by atoms with E-state index in [4.69, 9.17) is 11.6 Å². The van der Waals surface area contributed by atoms with E-state index in [-0.39, 0.29) is 5.91 Å². The van der Waals surface area contributed by atoms with Gasteiger partial charge < -0.3 is 15.5 Å². The maximum absolute atomic E-state index is 11.7. The number of nitrogens with zero attached hydrogens (tertiary/aromatic N) is 1. The second kappa shape index (κ2) is 8.25. The van der Waals surface area contributed by atoms with Crippen molar-refractivity contribution < 1.29 is 4.79 Å². The highest BCUT2D eigenvalue weighted by Crippen LogP contribution is 2.14. The van der Waals surface area contributed by atoms with E-state index in [2.05, 4.69) is 15.5 Å². The maximum Gasteiger partial charge on any atom is 0.238 e. The SMILES string of the molecule is O=C(CNCCN1CCCCC1)Nc1cccc(Cl)c1. The van der Waals surface area contributed by atoms with Crippen molar-refractivity contribution in [2.75, 3.05) is 38.0 Å². The van der Waals surface area contributed by atoms with Gasteiger partial charge in [-0.2, -0.15) is 0 Å². The summed E-state index contributed by atoms with van der Waals surface area (Å²) in [7, 11) is 0. The normalized spacial score (nSPS) is 16.1. The van der Waals surface area contributed by atoms with Gasteiger partial charge in [-0.25, -0.2) is 0 Å². The monoisotopic (exact) mass is 295 g/mol. The van der Waals surface area contributed by atoms with Crippen LogP contribution in [0.3, 0.4) is 0 Å². The first kappa shape index (κ1) is 15.3. The van der Waals surface area contributed by atoms with E-state index in [0.29, 0.717) is 11.6 Å². The van der Waals surface area contributed by atoms with E-state index in [1.807, 2.05) is 12.1 Å². The van der Waals surface area contributed by atoms with Gasteiger partial charge in [-0.1, -0.05) is 24.1 Å². The Hall–Kier alpha value is -1.10. The fraction of sp³-hybridized carbons (Fsp3) is 0.533. The van der Waals surface area contributed by atoms with Crippen LogP contribution in [-0.2, 0) is 4.79 Å². The topological polar surface area (TPSA) is 44.4 Å². The Morgan fingerprint density at radius 1 is 1.25 bits per heavy atom. The van der Waals surface area contributed by atoms with Crippen LogP contribution in [0.2, 0.25) is 5.02 Å². The van der Waals surface area contributed by atoms with Crippen molar-refractivity contribution in [2.24, 2.45) is 0 Å². The quantitative estimate of drug-likeness (QED) is 0.792. The Balaban J connectivity index is 1.60. The second-order valence-electron chi connectivity index (χ2n) is 5.14. The van der Waals surface area contributed by atoms with E-state index in [9.17, 15) is 4.79 Å². The first-order chi connectivity index (χ1) is 9.74. The summed E-state index contributed by atoms with van der Waals surface area (Å²) in [6.45, 7) is 4.58. The van der Waals surface area contributed by atoms with Gasteiger partial charge in [0.1, 0.15) is 0 Å². The van der Waals surface area contributed by atoms with Crippen molar-refractivity contribution >= 4 is 23.2 Å². The van der Waals surface area contributed by atoms with Crippen LogP contribution < -0.4 is 10.6 Å². The third-order valence-electron chi connectivity index (χ3n) is 3.45. The Kier molecular flexibility index (Phi) is 6.30.